The summed E-state index contributed by atoms with van der Waals surface area (Å²) in [4.78, 5) is 107. The van der Waals surface area contributed by atoms with Crippen LogP contribution in [0.4, 0.5) is 0 Å². The Morgan fingerprint density at radius 2 is 0.761 bits per heavy atom. The fourth-order valence-electron chi connectivity index (χ4n) is 9.40. The van der Waals surface area contributed by atoms with Crippen LogP contribution in [0.25, 0.3) is 0 Å². The maximum atomic E-state index is 12.3. The first kappa shape index (κ1) is 98.1. The first-order chi connectivity index (χ1) is 50.4. The summed E-state index contributed by atoms with van der Waals surface area (Å²) in [5, 5.41) is 0. The smallest absolute Gasteiger partial charge is 0.350 e. The Labute approximate surface area is 652 Å². The van der Waals surface area contributed by atoms with Crippen LogP contribution in [-0.4, -0.2) is 113 Å². The second-order valence-corrected chi connectivity index (χ2v) is 32.4. The van der Waals surface area contributed by atoms with Gasteiger partial charge in [0.25, 0.3) is 0 Å². The number of carbonyl (C=O) groups excluding carboxylic acids is 9. The molecule has 5 aromatic rings. The van der Waals surface area contributed by atoms with Crippen LogP contribution in [0.2, 0.25) is 0 Å². The number of ether oxygens (including phenoxy) is 10. The molecule has 6 atom stereocenters. The molecule has 0 aliphatic carbocycles. The minimum Gasteiger partial charge on any atom is -0.482 e. The predicted octanol–water partition coefficient (Wildman–Crippen LogP) is 21.1. The standard InChI is InChI=1S/2C19H28O4.2C18H26O4.C16H24O3/c1-8-13(2)14-9-11-15(12-10-14)16(20)22-19(6,7)17(21)23-18(3,4)5;1-6-14(2)15-9-11-16(12-10-15)18(21)22-13-7-8-17(20)23-19(3,4)5;1-7-12(2)14-9-8-10-15(11-14)17(20)21-13(3)16(19)22-18(4,5)6;1-6-13(3)14-9-8-10-15(11-14)17(20)21-12-16(19)22-18(4,5)7-2;1-6-12(2)13-9-7-8-10-14(13)18-11-15(17)19-16(3,4)5/h9-13H,8H2,1-7H3;9-12,14H,6-8,13H2,1-5H3;8-13H,7H2,1-6H3;8-11,13H,6-7,12H2,1-5H3;7-10,12H,6,11H2,1-5H3. The molecule has 0 N–H and O–H groups in total. The lowest BCUT2D eigenvalue weighted by Crippen LogP contribution is -2.42. The van der Waals surface area contributed by atoms with E-state index in [1.807, 2.05) is 147 Å². The van der Waals surface area contributed by atoms with Crippen LogP contribution < -0.4 is 4.74 Å². The molecule has 0 saturated carbocycles. The zero-order valence-electron chi connectivity index (χ0n) is 71.0. The van der Waals surface area contributed by atoms with Crippen LogP contribution in [0.1, 0.15) is 344 Å². The first-order valence-electron chi connectivity index (χ1n) is 38.5. The van der Waals surface area contributed by atoms with Gasteiger partial charge in [0.2, 0.25) is 5.60 Å². The summed E-state index contributed by atoms with van der Waals surface area (Å²) in [6, 6.07) is 37.3. The minimum atomic E-state index is -1.33. The number of para-hydroxylation sites is 1. The highest BCUT2D eigenvalue weighted by molar-refractivity contribution is 5.93. The van der Waals surface area contributed by atoms with Crippen molar-refractivity contribution in [1.29, 1.82) is 0 Å². The molecule has 0 saturated heterocycles. The van der Waals surface area contributed by atoms with E-state index < -0.39 is 75.5 Å². The maximum Gasteiger partial charge on any atom is 0.350 e. The van der Waals surface area contributed by atoms with Gasteiger partial charge in [-0.3, -0.25) is 4.79 Å². The number of hydrogen-bond donors (Lipinski definition) is 0. The Hall–Kier alpha value is -8.87. The van der Waals surface area contributed by atoms with Crippen LogP contribution in [0.5, 0.6) is 5.75 Å². The Balaban J connectivity index is 0.000000682. The van der Waals surface area contributed by atoms with Crippen molar-refractivity contribution in [2.45, 2.75) is 315 Å². The molecule has 0 radical (unpaired) electrons. The molecular weight excluding hydrogens is 1380 g/mol. The van der Waals surface area contributed by atoms with E-state index in [0.717, 1.165) is 54.5 Å². The number of hydrogen-bond acceptors (Lipinski definition) is 19. The highest BCUT2D eigenvalue weighted by Crippen LogP contribution is 2.30. The first-order valence-corrected chi connectivity index (χ1v) is 38.5. The molecule has 0 aliphatic rings. The van der Waals surface area contributed by atoms with Crippen LogP contribution >= 0.6 is 0 Å². The molecule has 0 aliphatic heterocycles. The van der Waals surface area contributed by atoms with Gasteiger partial charge in [-0.15, -0.1) is 0 Å². The molecule has 606 valence electrons. The van der Waals surface area contributed by atoms with E-state index in [1.165, 1.54) is 31.9 Å². The van der Waals surface area contributed by atoms with Gasteiger partial charge in [0.1, 0.15) is 33.8 Å². The number of benzene rings is 5. The number of carbonyl (C=O) groups is 9. The summed E-state index contributed by atoms with van der Waals surface area (Å²) in [6.07, 6.45) is 5.60. The normalized spacial score (nSPS) is 13.1. The third kappa shape index (κ3) is 40.4. The average molecular weight is 1520 g/mol. The fourth-order valence-corrected chi connectivity index (χ4v) is 9.40. The van der Waals surface area contributed by atoms with Crippen molar-refractivity contribution in [1.82, 2.24) is 0 Å². The van der Waals surface area contributed by atoms with Gasteiger partial charge in [0.15, 0.2) is 19.3 Å². The van der Waals surface area contributed by atoms with Crippen molar-refractivity contribution in [3.8, 4) is 5.75 Å². The van der Waals surface area contributed by atoms with Gasteiger partial charge in [-0.1, -0.05) is 143 Å². The molecule has 19 nitrogen and oxygen atoms in total. The van der Waals surface area contributed by atoms with E-state index in [1.54, 1.807) is 77.9 Å². The van der Waals surface area contributed by atoms with Crippen molar-refractivity contribution in [2.75, 3.05) is 19.8 Å². The summed E-state index contributed by atoms with van der Waals surface area (Å²) in [5.41, 5.74) is 3.51. The van der Waals surface area contributed by atoms with Gasteiger partial charge in [-0.2, -0.15) is 0 Å². The van der Waals surface area contributed by atoms with E-state index in [4.69, 9.17) is 47.4 Å². The second-order valence-electron chi connectivity index (χ2n) is 32.4. The third-order valence-corrected chi connectivity index (χ3v) is 17.1. The minimum absolute atomic E-state index is 0.0509. The predicted molar refractivity (Wildman–Crippen MR) is 429 cm³/mol. The quantitative estimate of drug-likeness (QED) is 0.0245. The Kier molecular flexibility index (Phi) is 42.0. The Morgan fingerprint density at radius 1 is 0.358 bits per heavy atom. The lowest BCUT2D eigenvalue weighted by molar-refractivity contribution is -0.174. The molecule has 0 fully saturated rings. The van der Waals surface area contributed by atoms with Crippen LogP contribution in [-0.2, 0) is 66.6 Å². The van der Waals surface area contributed by atoms with Gasteiger partial charge < -0.3 is 47.4 Å². The molecule has 0 aromatic heterocycles. The zero-order valence-corrected chi connectivity index (χ0v) is 71.0. The second kappa shape index (κ2) is 46.6. The summed E-state index contributed by atoms with van der Waals surface area (Å²) in [5.74, 6) is -1.30. The number of rotatable bonds is 29. The highest BCUT2D eigenvalue weighted by Gasteiger charge is 2.37. The van der Waals surface area contributed by atoms with E-state index in [9.17, 15) is 43.2 Å². The largest absolute Gasteiger partial charge is 0.482 e. The molecule has 0 spiro atoms. The maximum absolute atomic E-state index is 12.3. The molecule has 0 bridgehead atoms. The summed E-state index contributed by atoms with van der Waals surface area (Å²) >= 11 is 0. The molecule has 5 aromatic carbocycles. The summed E-state index contributed by atoms with van der Waals surface area (Å²) < 4.78 is 52.5. The lowest BCUT2D eigenvalue weighted by Gasteiger charge is -2.28. The average Bonchev–Trinajstić information content (AvgIpc) is 0.920. The molecule has 0 heterocycles. The molecule has 109 heavy (non-hydrogen) atoms. The fraction of sp³-hybridized carbons (Fsp3) is 0.567. The van der Waals surface area contributed by atoms with Gasteiger partial charge in [-0.05, 0) is 275 Å². The van der Waals surface area contributed by atoms with Gasteiger partial charge in [0.05, 0.1) is 28.9 Å². The van der Waals surface area contributed by atoms with Crippen LogP contribution in [0, 0.1) is 0 Å². The summed E-state index contributed by atoms with van der Waals surface area (Å²) in [7, 11) is 0. The molecule has 0 amide bonds. The van der Waals surface area contributed by atoms with E-state index in [2.05, 4.69) is 69.2 Å². The van der Waals surface area contributed by atoms with Crippen molar-refractivity contribution < 1.29 is 90.5 Å². The van der Waals surface area contributed by atoms with Crippen molar-refractivity contribution in [3.63, 3.8) is 0 Å². The molecule has 6 unspecified atom stereocenters. The summed E-state index contributed by atoms with van der Waals surface area (Å²) in [6.45, 7) is 52.9. The van der Waals surface area contributed by atoms with Crippen molar-refractivity contribution in [2.24, 2.45) is 0 Å². The Morgan fingerprint density at radius 3 is 1.20 bits per heavy atom. The third-order valence-electron chi connectivity index (χ3n) is 17.1. The molecule has 19 heteroatoms. The molecule has 5 rings (SSSR count). The topological polar surface area (TPSA) is 246 Å². The van der Waals surface area contributed by atoms with Crippen LogP contribution in [0.3, 0.4) is 0 Å². The van der Waals surface area contributed by atoms with Crippen molar-refractivity contribution in [3.05, 3.63) is 171 Å². The lowest BCUT2D eigenvalue weighted by atomic mass is 9.97. The van der Waals surface area contributed by atoms with E-state index in [0.29, 0.717) is 64.7 Å². The zero-order chi connectivity index (χ0) is 83.4. The highest BCUT2D eigenvalue weighted by atomic mass is 16.6. The van der Waals surface area contributed by atoms with E-state index in [-0.39, 0.29) is 44.1 Å². The molecular formula is C90H132O19. The van der Waals surface area contributed by atoms with Gasteiger partial charge in [-0.25, -0.2) is 38.4 Å². The van der Waals surface area contributed by atoms with Gasteiger partial charge in [0, 0.05) is 6.42 Å². The number of esters is 9. The van der Waals surface area contributed by atoms with E-state index >= 15 is 0 Å². The van der Waals surface area contributed by atoms with Crippen molar-refractivity contribution >= 4 is 53.7 Å². The van der Waals surface area contributed by atoms with Crippen LogP contribution in [0.15, 0.2) is 121 Å². The SMILES string of the molecule is CCC(C)c1ccc(C(=O)OC(C)(C)C(=O)OC(C)(C)C)cc1.CCC(C)c1ccc(C(=O)OCCCC(=O)OC(C)(C)C)cc1.CCC(C)c1cccc(C(=O)OC(C)C(=O)OC(C)(C)C)c1.CCC(C)c1cccc(C(=O)OCC(=O)OC(C)(C)CC)c1.CCC(C)c1ccccc1OCC(=O)OC(C)(C)C. The monoisotopic (exact) mass is 1520 g/mol. The Bertz CT molecular complexity index is 3630. The van der Waals surface area contributed by atoms with Gasteiger partial charge >= 0.3 is 53.7 Å².